The topological polar surface area (TPSA) is 89.0 Å². The Hall–Kier alpha value is -4.24. The van der Waals surface area contributed by atoms with Crippen LogP contribution < -0.4 is 14.4 Å². The fourth-order valence-corrected chi connectivity index (χ4v) is 5.31. The number of nitrogens with zero attached hydrogens (tertiary/aromatic N) is 2. The maximum Gasteiger partial charge on any atom is 0.301 e. The van der Waals surface area contributed by atoms with E-state index in [1.54, 1.807) is 49.4 Å². The molecule has 1 aliphatic heterocycles. The minimum atomic E-state index is -0.956. The number of thiazole rings is 1. The molecule has 4 aromatic rings. The molecule has 1 amide bonds. The van der Waals surface area contributed by atoms with E-state index in [0.29, 0.717) is 38.4 Å². The summed E-state index contributed by atoms with van der Waals surface area (Å²) in [5.41, 5.74) is 2.08. The van der Waals surface area contributed by atoms with E-state index in [-0.39, 0.29) is 16.5 Å². The molecule has 3 aromatic carbocycles. The molecule has 9 heteroatoms. The largest absolute Gasteiger partial charge is 0.507 e. The van der Waals surface area contributed by atoms with Gasteiger partial charge >= 0.3 is 5.91 Å². The predicted octanol–water partition coefficient (Wildman–Crippen LogP) is 5.39. The SMILES string of the molecule is COc1ccc(C2/C(=C(\O)c3ccc(OC)cc3C)C(=O)C(=O)N2c2nc3ccc(F)cc3s2)cc1. The van der Waals surface area contributed by atoms with Gasteiger partial charge in [-0.3, -0.25) is 14.5 Å². The van der Waals surface area contributed by atoms with E-state index in [0.717, 1.165) is 11.3 Å². The number of hydrogen-bond acceptors (Lipinski definition) is 7. The maximum absolute atomic E-state index is 13.8. The van der Waals surface area contributed by atoms with Crippen molar-refractivity contribution in [3.05, 3.63) is 88.7 Å². The molecule has 1 aromatic heterocycles. The van der Waals surface area contributed by atoms with Crippen molar-refractivity contribution in [2.24, 2.45) is 0 Å². The van der Waals surface area contributed by atoms with Crippen LogP contribution in [0.1, 0.15) is 22.7 Å². The number of ketones is 1. The summed E-state index contributed by atoms with van der Waals surface area (Å²) in [6.45, 7) is 1.78. The van der Waals surface area contributed by atoms with Crippen molar-refractivity contribution in [2.75, 3.05) is 19.1 Å². The molecule has 1 unspecified atom stereocenters. The monoisotopic (exact) mass is 504 g/mol. The lowest BCUT2D eigenvalue weighted by Crippen LogP contribution is -2.29. The molecule has 0 bridgehead atoms. The van der Waals surface area contributed by atoms with Gasteiger partial charge in [-0.2, -0.15) is 0 Å². The Balaban J connectivity index is 1.72. The predicted molar refractivity (Wildman–Crippen MR) is 135 cm³/mol. The second-order valence-electron chi connectivity index (χ2n) is 8.23. The summed E-state index contributed by atoms with van der Waals surface area (Å²) >= 11 is 1.09. The van der Waals surface area contributed by atoms with Crippen molar-refractivity contribution >= 4 is 44.1 Å². The first-order valence-electron chi connectivity index (χ1n) is 11.0. The van der Waals surface area contributed by atoms with Gasteiger partial charge in [0.05, 0.1) is 36.1 Å². The first-order valence-corrected chi connectivity index (χ1v) is 11.8. The van der Waals surface area contributed by atoms with Gasteiger partial charge in [-0.15, -0.1) is 0 Å². The van der Waals surface area contributed by atoms with Crippen LogP contribution in [0.3, 0.4) is 0 Å². The fourth-order valence-electron chi connectivity index (χ4n) is 4.29. The van der Waals surface area contributed by atoms with E-state index in [4.69, 9.17) is 9.47 Å². The van der Waals surface area contributed by atoms with Crippen LogP contribution in [-0.4, -0.2) is 36.0 Å². The summed E-state index contributed by atoms with van der Waals surface area (Å²) in [5.74, 6) is -1.21. The second-order valence-corrected chi connectivity index (χ2v) is 9.24. The quantitative estimate of drug-likeness (QED) is 0.223. The van der Waals surface area contributed by atoms with Crippen LogP contribution in [0, 0.1) is 12.7 Å². The number of hydrogen-bond donors (Lipinski definition) is 1. The second kappa shape index (κ2) is 9.09. The van der Waals surface area contributed by atoms with Crippen LogP contribution in [0.2, 0.25) is 0 Å². The van der Waals surface area contributed by atoms with Gasteiger partial charge in [-0.1, -0.05) is 23.5 Å². The number of Topliss-reactive ketones (excluding diaryl/α,β-unsaturated/α-hetero) is 1. The number of carbonyl (C=O) groups is 2. The molecule has 1 saturated heterocycles. The number of ether oxygens (including phenoxy) is 2. The smallest absolute Gasteiger partial charge is 0.301 e. The number of benzene rings is 3. The first kappa shape index (κ1) is 23.5. The molecule has 1 N–H and O–H groups in total. The minimum absolute atomic E-state index is 0.0659. The van der Waals surface area contributed by atoms with E-state index in [2.05, 4.69) is 4.98 Å². The molecule has 0 saturated carbocycles. The molecule has 0 aliphatic carbocycles. The van der Waals surface area contributed by atoms with E-state index in [1.807, 2.05) is 0 Å². The van der Waals surface area contributed by atoms with Crippen LogP contribution in [0.25, 0.3) is 16.0 Å². The number of halogens is 1. The Morgan fingerprint density at radius 2 is 1.69 bits per heavy atom. The Kier molecular flexibility index (Phi) is 5.93. The van der Waals surface area contributed by atoms with E-state index in [1.165, 1.54) is 37.3 Å². The van der Waals surface area contributed by atoms with Crippen molar-refractivity contribution in [1.29, 1.82) is 0 Å². The highest BCUT2D eigenvalue weighted by atomic mass is 32.1. The normalized spacial score (nSPS) is 17.1. The highest BCUT2D eigenvalue weighted by Gasteiger charge is 2.48. The summed E-state index contributed by atoms with van der Waals surface area (Å²) < 4.78 is 24.8. The van der Waals surface area contributed by atoms with Crippen LogP contribution in [0.4, 0.5) is 9.52 Å². The van der Waals surface area contributed by atoms with E-state index in [9.17, 15) is 19.1 Å². The molecule has 1 atom stereocenters. The number of anilines is 1. The van der Waals surface area contributed by atoms with Crippen LogP contribution in [-0.2, 0) is 9.59 Å². The standard InChI is InChI=1S/C27H21FN2O5S/c1-14-12-18(35-3)9-10-19(14)24(31)22-23(15-4-7-17(34-2)8-5-15)30(26(33)25(22)32)27-29-20-11-6-16(28)13-21(20)36-27/h4-13,23,31H,1-3H3/b24-22+. The zero-order chi connectivity index (χ0) is 25.6. The van der Waals surface area contributed by atoms with Crippen LogP contribution in [0.15, 0.2) is 66.2 Å². The highest BCUT2D eigenvalue weighted by molar-refractivity contribution is 7.22. The number of methoxy groups -OCH3 is 2. The van der Waals surface area contributed by atoms with Gasteiger partial charge in [-0.05, 0) is 66.6 Å². The number of aliphatic hydroxyl groups is 1. The molecular formula is C27H21FN2O5S. The average Bonchev–Trinajstić information content (AvgIpc) is 3.41. The van der Waals surface area contributed by atoms with Gasteiger partial charge in [0, 0.05) is 5.56 Å². The molecule has 0 spiro atoms. The van der Waals surface area contributed by atoms with E-state index < -0.39 is 23.5 Å². The average molecular weight is 505 g/mol. The number of aryl methyl sites for hydroxylation is 1. The Morgan fingerprint density at radius 1 is 1.00 bits per heavy atom. The Morgan fingerprint density at radius 3 is 2.36 bits per heavy atom. The third-order valence-electron chi connectivity index (χ3n) is 6.11. The Bertz CT molecular complexity index is 1540. The summed E-state index contributed by atoms with van der Waals surface area (Å²) in [4.78, 5) is 32.5. The van der Waals surface area contributed by atoms with Crippen molar-refractivity contribution in [1.82, 2.24) is 4.98 Å². The molecule has 7 nitrogen and oxygen atoms in total. The first-order chi connectivity index (χ1) is 17.3. The van der Waals surface area contributed by atoms with Crippen molar-refractivity contribution < 1.29 is 28.6 Å². The van der Waals surface area contributed by atoms with E-state index >= 15 is 0 Å². The molecular weight excluding hydrogens is 483 g/mol. The lowest BCUT2D eigenvalue weighted by molar-refractivity contribution is -0.132. The number of aromatic nitrogens is 1. The number of amides is 1. The lowest BCUT2D eigenvalue weighted by Gasteiger charge is -2.23. The van der Waals surface area contributed by atoms with Crippen molar-refractivity contribution in [2.45, 2.75) is 13.0 Å². The number of carbonyl (C=O) groups excluding carboxylic acids is 2. The number of fused-ring (bicyclic) bond motifs is 1. The summed E-state index contributed by atoms with van der Waals surface area (Å²) in [7, 11) is 3.07. The molecule has 0 radical (unpaired) electrons. The molecule has 1 fully saturated rings. The Labute approximate surface area is 210 Å². The summed E-state index contributed by atoms with van der Waals surface area (Å²) in [5, 5.41) is 11.6. The van der Waals surface area contributed by atoms with Crippen molar-refractivity contribution in [3.63, 3.8) is 0 Å². The number of aliphatic hydroxyl groups excluding tert-OH is 1. The van der Waals surface area contributed by atoms with Gasteiger partial charge in [-0.25, -0.2) is 9.37 Å². The highest BCUT2D eigenvalue weighted by Crippen LogP contribution is 2.45. The summed E-state index contributed by atoms with van der Waals surface area (Å²) in [6, 6.07) is 15.1. The number of rotatable bonds is 5. The molecule has 36 heavy (non-hydrogen) atoms. The fraction of sp³-hybridized carbons (Fsp3) is 0.148. The van der Waals surface area contributed by atoms with Gasteiger partial charge < -0.3 is 14.6 Å². The summed E-state index contributed by atoms with van der Waals surface area (Å²) in [6.07, 6.45) is 0. The maximum atomic E-state index is 13.8. The minimum Gasteiger partial charge on any atom is -0.507 e. The van der Waals surface area contributed by atoms with Gasteiger partial charge in [0.15, 0.2) is 5.13 Å². The van der Waals surface area contributed by atoms with Gasteiger partial charge in [0.1, 0.15) is 23.1 Å². The van der Waals surface area contributed by atoms with Crippen LogP contribution >= 0.6 is 11.3 Å². The molecule has 2 heterocycles. The third-order valence-corrected chi connectivity index (χ3v) is 7.13. The molecule has 5 rings (SSSR count). The zero-order valence-corrected chi connectivity index (χ0v) is 20.4. The lowest BCUT2D eigenvalue weighted by atomic mass is 9.94. The third kappa shape index (κ3) is 3.87. The molecule has 182 valence electrons. The zero-order valence-electron chi connectivity index (χ0n) is 19.6. The molecule has 1 aliphatic rings. The van der Waals surface area contributed by atoms with Crippen LogP contribution in [0.5, 0.6) is 11.5 Å². The van der Waals surface area contributed by atoms with Gasteiger partial charge in [0.25, 0.3) is 5.78 Å². The van der Waals surface area contributed by atoms with Gasteiger partial charge in [0.2, 0.25) is 0 Å². The van der Waals surface area contributed by atoms with Crippen molar-refractivity contribution in [3.8, 4) is 11.5 Å².